The molecule has 0 bridgehead atoms. The summed E-state index contributed by atoms with van der Waals surface area (Å²) in [5, 5.41) is 0. The second-order valence-corrected chi connectivity index (χ2v) is 4.28. The van der Waals surface area contributed by atoms with Crippen LogP contribution in [0.2, 0.25) is 0 Å². The summed E-state index contributed by atoms with van der Waals surface area (Å²) in [7, 11) is -3.05. The zero-order valence-electron chi connectivity index (χ0n) is 9.79. The maximum absolute atomic E-state index is 8.52. The summed E-state index contributed by atoms with van der Waals surface area (Å²) < 4.78 is 36.3. The molecule has 0 amide bonds. The van der Waals surface area contributed by atoms with Crippen LogP contribution in [0.3, 0.4) is 0 Å². The second-order valence-electron chi connectivity index (χ2n) is 3.47. The fourth-order valence-electron chi connectivity index (χ4n) is 1.49. The third-order valence-corrected chi connectivity index (χ3v) is 2.15. The molecule has 0 unspecified atom stereocenters. The molecular weight excluding hydrogens is 230 g/mol. The molecule has 0 atom stereocenters. The van der Waals surface area contributed by atoms with Gasteiger partial charge in [0.2, 0.25) is 0 Å². The largest absolute Gasteiger partial charge is 1.00 e. The molecule has 6 heteroatoms. The molecule has 0 radical (unpaired) electrons. The molecule has 0 aliphatic carbocycles. The van der Waals surface area contributed by atoms with Crippen LogP contribution in [-0.4, -0.2) is 41.9 Å². The van der Waals surface area contributed by atoms with Crippen LogP contribution in [0.25, 0.3) is 0 Å². The smallest absolute Gasteiger partial charge is 0.759 e. The van der Waals surface area contributed by atoms with Gasteiger partial charge < -0.3 is 9.11 Å². The van der Waals surface area contributed by atoms with Crippen LogP contribution in [0.1, 0.15) is 12.6 Å². The lowest BCUT2D eigenvalue weighted by molar-refractivity contribution is -0.493. The van der Waals surface area contributed by atoms with Crippen LogP contribution < -0.4 is 0 Å². The highest BCUT2D eigenvalue weighted by Gasteiger charge is 2.10. The summed E-state index contributed by atoms with van der Waals surface area (Å²) >= 11 is 0. The minimum Gasteiger partial charge on any atom is -0.759 e. The minimum absolute atomic E-state index is 0. The van der Waals surface area contributed by atoms with E-state index in [9.17, 15) is 0 Å². The van der Waals surface area contributed by atoms with Crippen LogP contribution in [0, 0.1) is 0 Å². The lowest BCUT2D eigenvalue weighted by Crippen LogP contribution is -2.18. The number of benzene rings is 1. The van der Waals surface area contributed by atoms with Gasteiger partial charge in [-0.15, -0.1) is 0 Å². The molecule has 1 heterocycles. The summed E-state index contributed by atoms with van der Waals surface area (Å²) in [6.45, 7) is 1.15. The Morgan fingerprint density at radius 3 is 2.50 bits per heavy atom. The van der Waals surface area contributed by atoms with E-state index in [1.807, 2.05) is 0 Å². The molecule has 88 valence electrons. The number of likely N-dealkylation sites (N-methyl/N-ethyl adjacent to an activating group) is 1. The van der Waals surface area contributed by atoms with Gasteiger partial charge in [-0.2, -0.15) is 0 Å². The molecule has 1 aromatic rings. The highest BCUT2D eigenvalue weighted by molar-refractivity contribution is 7.79. The molecule has 1 aromatic carbocycles. The van der Waals surface area contributed by atoms with Crippen molar-refractivity contribution in [2.45, 2.75) is 6.42 Å². The zero-order chi connectivity index (χ0) is 12.2. The molecule has 2 rings (SSSR count). The monoisotopic (exact) mass is 243 g/mol. The number of fused-ring (bicyclic) bond motifs is 1. The highest BCUT2D eigenvalue weighted by atomic mass is 32.3. The molecule has 1 aliphatic heterocycles. The van der Waals surface area contributed by atoms with Crippen molar-refractivity contribution in [2.24, 2.45) is 0 Å². The first kappa shape index (κ1) is 12.8. The Morgan fingerprint density at radius 2 is 1.88 bits per heavy atom. The van der Waals surface area contributed by atoms with Crippen LogP contribution in [0.4, 0.5) is 0 Å². The summed E-state index contributed by atoms with van der Waals surface area (Å²) in [4.78, 5) is 0. The fraction of sp³-hybridized carbons (Fsp3) is 0.300. The number of hydrogen-bond donors (Lipinski definition) is 0. The topological polar surface area (TPSA) is 83.3 Å². The Labute approximate surface area is 96.1 Å². The Morgan fingerprint density at radius 1 is 1.31 bits per heavy atom. The van der Waals surface area contributed by atoms with Gasteiger partial charge in [0.25, 0.3) is 0 Å². The van der Waals surface area contributed by atoms with Crippen molar-refractivity contribution in [3.8, 4) is 0 Å². The van der Waals surface area contributed by atoms with Gasteiger partial charge in [0, 0.05) is 22.4 Å². The molecule has 5 nitrogen and oxygen atoms in total. The van der Waals surface area contributed by atoms with Crippen LogP contribution >= 0.6 is 0 Å². The molecule has 0 spiro atoms. The van der Waals surface area contributed by atoms with Gasteiger partial charge in [-0.3, -0.25) is 8.42 Å². The van der Waals surface area contributed by atoms with Gasteiger partial charge in [-0.05, 0) is 11.6 Å². The maximum Gasteiger partial charge on any atom is 1.00 e. The van der Waals surface area contributed by atoms with E-state index in [2.05, 4.69) is 42.1 Å². The van der Waals surface area contributed by atoms with E-state index in [0.29, 0.717) is 0 Å². The second kappa shape index (κ2) is 5.20. The third kappa shape index (κ3) is 5.01. The van der Waals surface area contributed by atoms with E-state index in [1.165, 1.54) is 17.5 Å². The van der Waals surface area contributed by atoms with E-state index >= 15 is 0 Å². The Kier molecular flexibility index (Phi) is 4.17. The molecule has 0 fully saturated rings. The average molecular weight is 243 g/mol. The number of hydrogen-bond acceptors (Lipinski definition) is 4. The van der Waals surface area contributed by atoms with Crippen molar-refractivity contribution >= 4 is 16.6 Å². The van der Waals surface area contributed by atoms with E-state index in [1.54, 1.807) is 0 Å². The quantitative estimate of drug-likeness (QED) is 0.367. The lowest BCUT2D eigenvalue weighted by Gasteiger charge is -2.08. The first-order valence-electron chi connectivity index (χ1n) is 4.66. The molecule has 1 aliphatic rings. The zero-order valence-corrected chi connectivity index (χ0v) is 9.61. The highest BCUT2D eigenvalue weighted by Crippen LogP contribution is 2.09. The summed E-state index contributed by atoms with van der Waals surface area (Å²) in [5.41, 5.74) is 2.85. The summed E-state index contributed by atoms with van der Waals surface area (Å²) in [6.07, 6.45) is 3.39. The molecule has 0 saturated carbocycles. The average Bonchev–Trinajstić information content (AvgIpc) is 2.15. The van der Waals surface area contributed by atoms with Crippen molar-refractivity contribution in [1.29, 1.82) is 0 Å². The number of nitrogens with zero attached hydrogens (tertiary/aromatic N) is 1. The van der Waals surface area contributed by atoms with E-state index < -0.39 is 10.4 Å². The van der Waals surface area contributed by atoms with Gasteiger partial charge in [-0.1, -0.05) is 18.2 Å². The first-order valence-corrected chi connectivity index (χ1v) is 5.99. The standard InChI is InChI=1S/C10H12N.H2O4S/c1-11-7-6-9-4-2-3-5-10(9)8-11;1-5(2,3)4/h2-5,8H,6-7H2,1H3;(H2,1,2,3,4)/q+1;/p-1. The molecular formula is C10H13NO4S. The van der Waals surface area contributed by atoms with E-state index in [0.717, 1.165) is 6.54 Å². The fourth-order valence-corrected chi connectivity index (χ4v) is 1.49. The predicted octanol–water partition coefficient (Wildman–Crippen LogP) is 0.0784. The van der Waals surface area contributed by atoms with Gasteiger partial charge in [0.15, 0.2) is 6.21 Å². The van der Waals surface area contributed by atoms with Crippen LogP contribution in [0.5, 0.6) is 0 Å². The SMILES string of the molecule is C[N+]1=Cc2ccccc2CC1.O=S(=O)([O-])[O-].[H+]. The summed E-state index contributed by atoms with van der Waals surface area (Å²) in [6, 6.07) is 8.58. The van der Waals surface area contributed by atoms with Crippen molar-refractivity contribution in [3.63, 3.8) is 0 Å². The third-order valence-electron chi connectivity index (χ3n) is 2.15. The van der Waals surface area contributed by atoms with Crippen molar-refractivity contribution in [1.82, 2.24) is 0 Å². The minimum atomic E-state index is -5.17. The van der Waals surface area contributed by atoms with Crippen LogP contribution in [-0.2, 0) is 16.8 Å². The first-order chi connectivity index (χ1) is 7.36. The molecule has 0 saturated heterocycles. The van der Waals surface area contributed by atoms with Gasteiger partial charge >= 0.3 is 1.43 Å². The van der Waals surface area contributed by atoms with E-state index in [4.69, 9.17) is 17.5 Å². The van der Waals surface area contributed by atoms with Crippen molar-refractivity contribution in [2.75, 3.05) is 13.6 Å². The molecule has 16 heavy (non-hydrogen) atoms. The Balaban J connectivity index is 0.000000373. The number of rotatable bonds is 0. The normalized spacial score (nSPS) is 14.3. The van der Waals surface area contributed by atoms with E-state index in [-0.39, 0.29) is 1.43 Å². The Bertz CT molecular complexity index is 491. The predicted molar refractivity (Wildman–Crippen MR) is 58.0 cm³/mol. The Hall–Kier alpha value is -1.24. The van der Waals surface area contributed by atoms with Gasteiger partial charge in [-0.25, -0.2) is 4.58 Å². The maximum atomic E-state index is 8.52. The summed E-state index contributed by atoms with van der Waals surface area (Å²) in [5.74, 6) is 0. The van der Waals surface area contributed by atoms with Gasteiger partial charge in [0.1, 0.15) is 13.6 Å². The van der Waals surface area contributed by atoms with Crippen molar-refractivity contribution in [3.05, 3.63) is 35.4 Å². The molecule has 0 aromatic heterocycles. The lowest BCUT2D eigenvalue weighted by atomic mass is 10.0. The van der Waals surface area contributed by atoms with Gasteiger partial charge in [0.05, 0.1) is 0 Å². The van der Waals surface area contributed by atoms with Crippen molar-refractivity contribution < 1.29 is 23.5 Å². The molecule has 0 N–H and O–H groups in total. The van der Waals surface area contributed by atoms with Crippen LogP contribution in [0.15, 0.2) is 24.3 Å².